The first-order chi connectivity index (χ1) is 8.97. The molecule has 0 unspecified atom stereocenters. The SMILES string of the molecule is Oc1ccc(/C=C/c2cc(O)cc(O)[c]2[GeH3])c(O)c1. The number of benzene rings is 2. The van der Waals surface area contributed by atoms with Crippen LogP contribution in [0.3, 0.4) is 0 Å². The van der Waals surface area contributed by atoms with E-state index in [4.69, 9.17) is 0 Å². The van der Waals surface area contributed by atoms with Crippen molar-refractivity contribution in [1.82, 2.24) is 0 Å². The van der Waals surface area contributed by atoms with E-state index in [1.54, 1.807) is 24.3 Å². The molecule has 0 aliphatic carbocycles. The van der Waals surface area contributed by atoms with Crippen LogP contribution in [0.4, 0.5) is 0 Å². The molecule has 98 valence electrons. The van der Waals surface area contributed by atoms with Crippen molar-refractivity contribution in [3.8, 4) is 23.0 Å². The van der Waals surface area contributed by atoms with Gasteiger partial charge in [0.2, 0.25) is 0 Å². The second kappa shape index (κ2) is 5.28. The first-order valence-electron chi connectivity index (χ1n) is 5.70. The molecule has 0 fully saturated rings. The van der Waals surface area contributed by atoms with E-state index in [2.05, 4.69) is 0 Å². The zero-order valence-electron chi connectivity index (χ0n) is 10.3. The average Bonchev–Trinajstić information content (AvgIpc) is 2.33. The fourth-order valence-electron chi connectivity index (χ4n) is 1.73. The molecule has 0 saturated heterocycles. The Kier molecular flexibility index (Phi) is 3.71. The van der Waals surface area contributed by atoms with E-state index in [1.165, 1.54) is 18.2 Å². The molecule has 0 aromatic heterocycles. The van der Waals surface area contributed by atoms with Crippen molar-refractivity contribution >= 4 is 33.1 Å². The molecule has 0 aliphatic rings. The Hall–Kier alpha value is -2.08. The molecule has 0 saturated carbocycles. The van der Waals surface area contributed by atoms with Crippen LogP contribution >= 0.6 is 0 Å². The molecule has 5 heteroatoms. The summed E-state index contributed by atoms with van der Waals surface area (Å²) in [6, 6.07) is 7.19. The molecule has 4 N–H and O–H groups in total. The zero-order valence-corrected chi connectivity index (χ0v) is 14.5. The Balaban J connectivity index is 2.38. The van der Waals surface area contributed by atoms with Crippen LogP contribution in [0.2, 0.25) is 0 Å². The Morgan fingerprint density at radius 2 is 1.37 bits per heavy atom. The van der Waals surface area contributed by atoms with Gasteiger partial charge < -0.3 is 0 Å². The van der Waals surface area contributed by atoms with Crippen molar-refractivity contribution < 1.29 is 20.4 Å². The van der Waals surface area contributed by atoms with Gasteiger partial charge in [-0.3, -0.25) is 0 Å². The van der Waals surface area contributed by atoms with Crippen molar-refractivity contribution in [3.05, 3.63) is 41.5 Å². The fourth-order valence-corrected chi connectivity index (χ4v) is 2.69. The van der Waals surface area contributed by atoms with Gasteiger partial charge in [0.15, 0.2) is 0 Å². The summed E-state index contributed by atoms with van der Waals surface area (Å²) >= 11 is 0.251. The molecule has 0 aliphatic heterocycles. The van der Waals surface area contributed by atoms with Gasteiger partial charge in [-0.25, -0.2) is 0 Å². The molecule has 2 aromatic rings. The van der Waals surface area contributed by atoms with E-state index in [-0.39, 0.29) is 39.5 Å². The summed E-state index contributed by atoms with van der Waals surface area (Å²) in [5.41, 5.74) is 1.28. The van der Waals surface area contributed by atoms with Gasteiger partial charge in [0.1, 0.15) is 0 Å². The molecule has 0 bridgehead atoms. The third-order valence-corrected chi connectivity index (χ3v) is 5.15. The van der Waals surface area contributed by atoms with Gasteiger partial charge in [-0.15, -0.1) is 0 Å². The summed E-state index contributed by atoms with van der Waals surface area (Å²) < 4.78 is 0.819. The van der Waals surface area contributed by atoms with Gasteiger partial charge in [0.05, 0.1) is 0 Å². The van der Waals surface area contributed by atoms with Gasteiger partial charge in [-0.2, -0.15) is 0 Å². The number of hydrogen-bond acceptors (Lipinski definition) is 4. The van der Waals surface area contributed by atoms with Crippen molar-refractivity contribution in [2.24, 2.45) is 0 Å². The summed E-state index contributed by atoms with van der Waals surface area (Å²) in [6.45, 7) is 0. The maximum absolute atomic E-state index is 9.65. The molecule has 19 heavy (non-hydrogen) atoms. The van der Waals surface area contributed by atoms with Crippen molar-refractivity contribution in [2.45, 2.75) is 0 Å². The van der Waals surface area contributed by atoms with Crippen molar-refractivity contribution in [2.75, 3.05) is 0 Å². The molecule has 0 atom stereocenters. The first kappa shape index (κ1) is 13.4. The average molecular weight is 319 g/mol. The Morgan fingerprint density at radius 3 is 2.05 bits per heavy atom. The summed E-state index contributed by atoms with van der Waals surface area (Å²) in [5, 5.41) is 37.9. The number of hydrogen-bond donors (Lipinski definition) is 4. The zero-order chi connectivity index (χ0) is 14.0. The summed E-state index contributed by atoms with van der Waals surface area (Å²) in [7, 11) is 0. The van der Waals surface area contributed by atoms with E-state index in [9.17, 15) is 20.4 Å². The maximum atomic E-state index is 9.65. The van der Waals surface area contributed by atoms with Gasteiger partial charge >= 0.3 is 118 Å². The van der Waals surface area contributed by atoms with Crippen LogP contribution in [0, 0.1) is 0 Å². The monoisotopic (exact) mass is 320 g/mol. The molecule has 2 rings (SSSR count). The number of phenolic OH excluding ortho intramolecular Hbond substituents is 4. The van der Waals surface area contributed by atoms with Crippen molar-refractivity contribution in [3.63, 3.8) is 0 Å². The number of aromatic hydroxyl groups is 4. The van der Waals surface area contributed by atoms with Gasteiger partial charge in [-0.05, 0) is 0 Å². The molecule has 4 nitrogen and oxygen atoms in total. The minimum absolute atomic E-state index is 0.0000723. The number of rotatable bonds is 2. The molecule has 0 radical (unpaired) electrons. The van der Waals surface area contributed by atoms with Gasteiger partial charge in [0.25, 0.3) is 0 Å². The normalized spacial score (nSPS) is 11.2. The molecule has 0 amide bonds. The number of phenols is 4. The van der Waals surface area contributed by atoms with Crippen LogP contribution in [-0.2, 0) is 0 Å². The Labute approximate surface area is 118 Å². The molecule has 0 heterocycles. The Bertz CT molecular complexity index is 650. The van der Waals surface area contributed by atoms with Crippen molar-refractivity contribution in [1.29, 1.82) is 0 Å². The first-order valence-corrected chi connectivity index (χ1v) is 7.80. The van der Waals surface area contributed by atoms with Crippen LogP contribution in [0.15, 0.2) is 30.3 Å². The van der Waals surface area contributed by atoms with E-state index < -0.39 is 0 Å². The van der Waals surface area contributed by atoms with Gasteiger partial charge in [-0.1, -0.05) is 0 Å². The quantitative estimate of drug-likeness (QED) is 0.485. The third kappa shape index (κ3) is 3.03. The molecule has 0 spiro atoms. The second-order valence-electron chi connectivity index (χ2n) is 4.26. The van der Waals surface area contributed by atoms with E-state index in [0.29, 0.717) is 5.56 Å². The predicted molar refractivity (Wildman–Crippen MR) is 78.0 cm³/mol. The van der Waals surface area contributed by atoms with Gasteiger partial charge in [0, 0.05) is 0 Å². The van der Waals surface area contributed by atoms with Crippen LogP contribution < -0.4 is 4.40 Å². The summed E-state index contributed by atoms with van der Waals surface area (Å²) in [5.74, 6) is 0.0605. The predicted octanol–water partition coefficient (Wildman–Crippen LogP) is 0.670. The molecular formula is C14H14GeO4. The fraction of sp³-hybridized carbons (Fsp3) is 0. The topological polar surface area (TPSA) is 80.9 Å². The van der Waals surface area contributed by atoms with E-state index >= 15 is 0 Å². The standard InChI is InChI=1S/C14H14GeO4/c15-14-9(5-11(17)7-13(14)19)2-1-8-3-4-10(16)6-12(8)18/h1-7,16-19H,15H3/b2-1+. The minimum atomic E-state index is -0.0280. The van der Waals surface area contributed by atoms with E-state index in [0.717, 1.165) is 9.96 Å². The molecule has 2 aromatic carbocycles. The Morgan fingerprint density at radius 1 is 0.737 bits per heavy atom. The van der Waals surface area contributed by atoms with Crippen LogP contribution in [0.25, 0.3) is 12.2 Å². The summed E-state index contributed by atoms with van der Waals surface area (Å²) in [6.07, 6.45) is 3.38. The van der Waals surface area contributed by atoms with Crippen LogP contribution in [-0.4, -0.2) is 36.9 Å². The third-order valence-electron chi connectivity index (χ3n) is 2.86. The van der Waals surface area contributed by atoms with E-state index in [1.807, 2.05) is 0 Å². The van der Waals surface area contributed by atoms with Crippen LogP contribution in [0.5, 0.6) is 23.0 Å². The molecular weight excluding hydrogens is 305 g/mol. The van der Waals surface area contributed by atoms with Crippen LogP contribution in [0.1, 0.15) is 11.1 Å². The second-order valence-corrected chi connectivity index (χ2v) is 6.35. The summed E-state index contributed by atoms with van der Waals surface area (Å²) in [4.78, 5) is 0.